The molecular formula is C6H8FP. The minimum atomic E-state index is -0.0702. The van der Waals surface area contributed by atoms with E-state index in [1.165, 1.54) is 6.07 Å². The third-order valence-corrected chi connectivity index (χ3v) is 1.89. The van der Waals surface area contributed by atoms with E-state index in [1.807, 2.05) is 12.1 Å². The van der Waals surface area contributed by atoms with Crippen molar-refractivity contribution in [2.45, 2.75) is 0 Å². The van der Waals surface area contributed by atoms with Crippen molar-refractivity contribution >= 4 is 14.5 Å². The fourth-order valence-electron chi connectivity index (χ4n) is 0.551. The zero-order valence-corrected chi connectivity index (χ0v) is 6.69. The van der Waals surface area contributed by atoms with Gasteiger partial charge in [-0.15, -0.1) is 0 Å². The van der Waals surface area contributed by atoms with Crippen LogP contribution in [0.15, 0.2) is 24.3 Å². The Balaban J connectivity index is 3.13. The zero-order chi connectivity index (χ0) is 5.98. The summed E-state index contributed by atoms with van der Waals surface area (Å²) in [6.07, 6.45) is 0. The first-order valence-electron chi connectivity index (χ1n) is 2.52. The number of hydrogen-bond acceptors (Lipinski definition) is 0. The summed E-state index contributed by atoms with van der Waals surface area (Å²) in [6.45, 7) is 0. The molecule has 0 amide bonds. The summed E-state index contributed by atoms with van der Waals surface area (Å²) in [5.41, 5.74) is 0. The maximum absolute atomic E-state index is 12.4. The van der Waals surface area contributed by atoms with Crippen LogP contribution in [0.2, 0.25) is 0 Å². The maximum atomic E-state index is 12.4. The summed E-state index contributed by atoms with van der Waals surface area (Å²) in [5.74, 6) is -0.0702. The summed E-state index contributed by atoms with van der Waals surface area (Å²) in [6, 6.07) is 6.85. The predicted molar refractivity (Wildman–Crippen MR) is 38.5 cm³/mol. The van der Waals surface area contributed by atoms with Gasteiger partial charge in [0.05, 0.1) is 0 Å². The van der Waals surface area contributed by atoms with Gasteiger partial charge in [0.25, 0.3) is 0 Å². The molecule has 0 aliphatic heterocycles. The van der Waals surface area contributed by atoms with Crippen molar-refractivity contribution in [3.63, 3.8) is 0 Å². The van der Waals surface area contributed by atoms with E-state index in [1.54, 1.807) is 6.07 Å². The van der Waals surface area contributed by atoms with Gasteiger partial charge in [-0.25, -0.2) is 0 Å². The molecule has 0 spiro atoms. The molecule has 0 heterocycles. The molecular weight excluding hydrogens is 122 g/mol. The van der Waals surface area contributed by atoms with Crippen LogP contribution in [0, 0.1) is 5.82 Å². The molecule has 0 nitrogen and oxygen atoms in total. The third kappa shape index (κ3) is 1.05. The van der Waals surface area contributed by atoms with Crippen LogP contribution in [0.1, 0.15) is 0 Å². The summed E-state index contributed by atoms with van der Waals surface area (Å²) in [5, 5.41) is 0.840. The molecule has 8 heavy (non-hydrogen) atoms. The van der Waals surface area contributed by atoms with Gasteiger partial charge in [0.2, 0.25) is 0 Å². The van der Waals surface area contributed by atoms with Gasteiger partial charge in [0, 0.05) is 0 Å². The molecule has 0 bridgehead atoms. The molecule has 0 N–H and O–H groups in total. The third-order valence-electron chi connectivity index (χ3n) is 1.08. The Morgan fingerprint density at radius 1 is 1.25 bits per heavy atom. The SMILES string of the molecule is Fc1ccccc1[PH4]. The molecule has 1 aromatic carbocycles. The van der Waals surface area contributed by atoms with Gasteiger partial charge in [-0.1, -0.05) is 0 Å². The van der Waals surface area contributed by atoms with Gasteiger partial charge < -0.3 is 0 Å². The van der Waals surface area contributed by atoms with Crippen LogP contribution in [0.25, 0.3) is 0 Å². The quantitative estimate of drug-likeness (QED) is 0.455. The zero-order valence-electron chi connectivity index (χ0n) is 4.69. The Kier molecular flexibility index (Phi) is 1.59. The van der Waals surface area contributed by atoms with Crippen LogP contribution < -0.4 is 5.30 Å². The summed E-state index contributed by atoms with van der Waals surface area (Å²) >= 11 is 0. The van der Waals surface area contributed by atoms with E-state index < -0.39 is 0 Å². The monoisotopic (exact) mass is 130 g/mol. The van der Waals surface area contributed by atoms with E-state index >= 15 is 0 Å². The molecule has 0 saturated carbocycles. The fraction of sp³-hybridized carbons (Fsp3) is 0. The molecule has 0 atom stereocenters. The normalized spacial score (nSPS) is 9.38. The van der Waals surface area contributed by atoms with Crippen molar-refractivity contribution in [1.29, 1.82) is 0 Å². The second-order valence-electron chi connectivity index (χ2n) is 1.75. The van der Waals surface area contributed by atoms with E-state index in [2.05, 4.69) is 0 Å². The average molecular weight is 130 g/mol. The summed E-state index contributed by atoms with van der Waals surface area (Å²) in [7, 11) is 0.801. The molecule has 44 valence electrons. The summed E-state index contributed by atoms with van der Waals surface area (Å²) in [4.78, 5) is 0. The van der Waals surface area contributed by atoms with Gasteiger partial charge in [-0.05, 0) is 0 Å². The Morgan fingerprint density at radius 3 is 2.25 bits per heavy atom. The van der Waals surface area contributed by atoms with Crippen molar-refractivity contribution in [3.8, 4) is 0 Å². The Morgan fingerprint density at radius 2 is 1.88 bits per heavy atom. The molecule has 2 heteroatoms. The Bertz CT molecular complexity index is 165. The number of rotatable bonds is 0. The first-order chi connectivity index (χ1) is 3.80. The molecule has 0 saturated heterocycles. The number of halogens is 1. The van der Waals surface area contributed by atoms with Crippen LogP contribution in [-0.4, -0.2) is 0 Å². The first-order valence-corrected chi connectivity index (χ1v) is 3.52. The average Bonchev–Trinajstić information content (AvgIpc) is 1.77. The van der Waals surface area contributed by atoms with Crippen molar-refractivity contribution in [2.24, 2.45) is 0 Å². The number of hydrogen-bond donors (Lipinski definition) is 0. The standard InChI is InChI=1S/C6H8FP/c7-5-3-1-2-4-6(5)8/h1-4H,8H4. The van der Waals surface area contributed by atoms with E-state index in [0.717, 1.165) is 14.5 Å². The van der Waals surface area contributed by atoms with Crippen LogP contribution in [0.4, 0.5) is 4.39 Å². The second kappa shape index (κ2) is 2.23. The van der Waals surface area contributed by atoms with E-state index in [0.29, 0.717) is 0 Å². The second-order valence-corrected chi connectivity index (χ2v) is 2.83. The van der Waals surface area contributed by atoms with Crippen LogP contribution in [0.5, 0.6) is 0 Å². The van der Waals surface area contributed by atoms with Crippen molar-refractivity contribution in [1.82, 2.24) is 0 Å². The van der Waals surface area contributed by atoms with E-state index in [4.69, 9.17) is 0 Å². The molecule has 0 fully saturated rings. The molecule has 1 rings (SSSR count). The minimum absolute atomic E-state index is 0.0702. The Labute approximate surface area is 49.9 Å². The summed E-state index contributed by atoms with van der Waals surface area (Å²) < 4.78 is 12.4. The van der Waals surface area contributed by atoms with Gasteiger partial charge >= 0.3 is 49.0 Å². The first kappa shape index (κ1) is 5.71. The molecule has 0 radical (unpaired) electrons. The van der Waals surface area contributed by atoms with Gasteiger partial charge in [0.1, 0.15) is 0 Å². The molecule has 0 aliphatic carbocycles. The van der Waals surface area contributed by atoms with Gasteiger partial charge in [0.15, 0.2) is 0 Å². The Hall–Kier alpha value is -0.420. The van der Waals surface area contributed by atoms with Gasteiger partial charge in [-0.3, -0.25) is 0 Å². The molecule has 1 aromatic rings. The molecule has 0 unspecified atom stereocenters. The van der Waals surface area contributed by atoms with Crippen LogP contribution in [-0.2, 0) is 0 Å². The molecule has 0 aromatic heterocycles. The van der Waals surface area contributed by atoms with Crippen molar-refractivity contribution < 1.29 is 4.39 Å². The molecule has 0 aliphatic rings. The van der Waals surface area contributed by atoms with E-state index in [9.17, 15) is 4.39 Å². The number of benzene rings is 1. The van der Waals surface area contributed by atoms with E-state index in [-0.39, 0.29) is 5.82 Å². The van der Waals surface area contributed by atoms with Crippen molar-refractivity contribution in [2.75, 3.05) is 0 Å². The van der Waals surface area contributed by atoms with Gasteiger partial charge in [-0.2, -0.15) is 0 Å². The predicted octanol–water partition coefficient (Wildman–Crippen LogP) is 0.791. The van der Waals surface area contributed by atoms with Crippen LogP contribution in [0.3, 0.4) is 0 Å². The topological polar surface area (TPSA) is 0 Å². The fourth-order valence-corrected chi connectivity index (χ4v) is 0.910. The van der Waals surface area contributed by atoms with Crippen LogP contribution >= 0.6 is 9.24 Å². The van der Waals surface area contributed by atoms with Crippen molar-refractivity contribution in [3.05, 3.63) is 30.1 Å².